The van der Waals surface area contributed by atoms with Crippen molar-refractivity contribution >= 4 is 11.6 Å². The Kier molecular flexibility index (Phi) is 6.72. The number of nitrogens with zero attached hydrogens (tertiary/aromatic N) is 1. The lowest BCUT2D eigenvalue weighted by molar-refractivity contribution is 0.0632. The summed E-state index contributed by atoms with van der Waals surface area (Å²) in [7, 11) is 0. The van der Waals surface area contributed by atoms with Crippen LogP contribution in [0.4, 0.5) is 0 Å². The van der Waals surface area contributed by atoms with E-state index in [1.807, 2.05) is 19.9 Å². The fourth-order valence-electron chi connectivity index (χ4n) is 1.53. The van der Waals surface area contributed by atoms with Crippen LogP contribution in [0.2, 0.25) is 5.02 Å². The fourth-order valence-corrected chi connectivity index (χ4v) is 1.70. The molecule has 1 heterocycles. The van der Waals surface area contributed by atoms with Crippen molar-refractivity contribution in [2.45, 2.75) is 52.8 Å². The van der Waals surface area contributed by atoms with Crippen LogP contribution in [-0.2, 0) is 11.3 Å². The molecule has 0 aliphatic rings. The molecule has 4 nitrogen and oxygen atoms in total. The molecular formula is C15H25ClN2O2. The van der Waals surface area contributed by atoms with Crippen molar-refractivity contribution in [2.75, 3.05) is 13.2 Å². The van der Waals surface area contributed by atoms with E-state index in [0.717, 1.165) is 5.69 Å². The number of aromatic nitrogens is 1. The van der Waals surface area contributed by atoms with E-state index < -0.39 is 0 Å². The normalized spacial score (nSPS) is 13.3. The zero-order valence-electron chi connectivity index (χ0n) is 13.0. The summed E-state index contributed by atoms with van der Waals surface area (Å²) in [5.74, 6) is 0.576. The third kappa shape index (κ3) is 6.55. The molecule has 0 aromatic carbocycles. The molecule has 1 rings (SSSR count). The lowest BCUT2D eigenvalue weighted by Crippen LogP contribution is -2.35. The number of ether oxygens (including phenoxy) is 2. The molecule has 1 N–H and O–H groups in total. The SMILES string of the molecule is CCOCC(C)Oc1ccc(Cl)c(CNC(C)(C)C)n1. The molecule has 0 saturated carbocycles. The van der Waals surface area contributed by atoms with Gasteiger partial charge in [0.25, 0.3) is 0 Å². The highest BCUT2D eigenvalue weighted by atomic mass is 35.5. The van der Waals surface area contributed by atoms with E-state index in [4.69, 9.17) is 21.1 Å². The number of rotatable bonds is 7. The highest BCUT2D eigenvalue weighted by Gasteiger charge is 2.12. The monoisotopic (exact) mass is 300 g/mol. The van der Waals surface area contributed by atoms with E-state index in [2.05, 4.69) is 31.1 Å². The molecule has 1 unspecified atom stereocenters. The van der Waals surface area contributed by atoms with Crippen molar-refractivity contribution in [3.8, 4) is 5.88 Å². The van der Waals surface area contributed by atoms with Gasteiger partial charge in [0.05, 0.1) is 17.3 Å². The van der Waals surface area contributed by atoms with Gasteiger partial charge in [0.15, 0.2) is 0 Å². The molecule has 114 valence electrons. The lowest BCUT2D eigenvalue weighted by Gasteiger charge is -2.21. The molecule has 0 fully saturated rings. The first-order valence-electron chi connectivity index (χ1n) is 6.96. The molecule has 0 spiro atoms. The third-order valence-corrected chi connectivity index (χ3v) is 2.90. The molecule has 0 aliphatic carbocycles. The highest BCUT2D eigenvalue weighted by Crippen LogP contribution is 2.19. The summed E-state index contributed by atoms with van der Waals surface area (Å²) in [5.41, 5.74) is 0.812. The fraction of sp³-hybridized carbons (Fsp3) is 0.667. The number of hydrogen-bond acceptors (Lipinski definition) is 4. The molecule has 0 amide bonds. The van der Waals surface area contributed by atoms with Gasteiger partial charge in [0.1, 0.15) is 6.10 Å². The van der Waals surface area contributed by atoms with Gasteiger partial charge in [-0.15, -0.1) is 0 Å². The molecular weight excluding hydrogens is 276 g/mol. The minimum Gasteiger partial charge on any atom is -0.472 e. The van der Waals surface area contributed by atoms with Gasteiger partial charge in [0.2, 0.25) is 5.88 Å². The molecule has 20 heavy (non-hydrogen) atoms. The Bertz CT molecular complexity index is 419. The summed E-state index contributed by atoms with van der Waals surface area (Å²) in [6, 6.07) is 3.60. The molecule has 0 aliphatic heterocycles. The van der Waals surface area contributed by atoms with E-state index in [9.17, 15) is 0 Å². The Morgan fingerprint density at radius 3 is 2.65 bits per heavy atom. The minimum absolute atomic E-state index is 0.0180. The molecule has 0 bridgehead atoms. The molecule has 5 heteroatoms. The Morgan fingerprint density at radius 1 is 1.35 bits per heavy atom. The number of hydrogen-bond donors (Lipinski definition) is 1. The van der Waals surface area contributed by atoms with E-state index in [1.54, 1.807) is 6.07 Å². The lowest BCUT2D eigenvalue weighted by atomic mass is 10.1. The van der Waals surface area contributed by atoms with Gasteiger partial charge in [0, 0.05) is 24.8 Å². The second-order valence-corrected chi connectivity index (χ2v) is 6.18. The second kappa shape index (κ2) is 7.81. The van der Waals surface area contributed by atoms with Gasteiger partial charge in [-0.2, -0.15) is 0 Å². The average Bonchev–Trinajstić information content (AvgIpc) is 2.36. The van der Waals surface area contributed by atoms with Gasteiger partial charge in [-0.25, -0.2) is 4.98 Å². The van der Waals surface area contributed by atoms with Gasteiger partial charge >= 0.3 is 0 Å². The summed E-state index contributed by atoms with van der Waals surface area (Å²) in [6.45, 7) is 12.1. The van der Waals surface area contributed by atoms with Crippen LogP contribution in [0.15, 0.2) is 12.1 Å². The topological polar surface area (TPSA) is 43.4 Å². The smallest absolute Gasteiger partial charge is 0.213 e. The van der Waals surface area contributed by atoms with Crippen LogP contribution < -0.4 is 10.1 Å². The first kappa shape index (κ1) is 17.2. The number of halogens is 1. The van der Waals surface area contributed by atoms with Gasteiger partial charge in [-0.05, 0) is 40.7 Å². The summed E-state index contributed by atoms with van der Waals surface area (Å²) >= 11 is 6.16. The molecule has 0 saturated heterocycles. The first-order chi connectivity index (χ1) is 9.31. The second-order valence-electron chi connectivity index (χ2n) is 5.77. The van der Waals surface area contributed by atoms with E-state index in [-0.39, 0.29) is 11.6 Å². The van der Waals surface area contributed by atoms with Crippen LogP contribution in [0.3, 0.4) is 0 Å². The maximum absolute atomic E-state index is 6.16. The van der Waals surface area contributed by atoms with Crippen LogP contribution in [0.25, 0.3) is 0 Å². The average molecular weight is 301 g/mol. The van der Waals surface area contributed by atoms with Crippen LogP contribution >= 0.6 is 11.6 Å². The largest absolute Gasteiger partial charge is 0.472 e. The quantitative estimate of drug-likeness (QED) is 0.838. The van der Waals surface area contributed by atoms with E-state index in [1.165, 1.54) is 0 Å². The van der Waals surface area contributed by atoms with Crippen LogP contribution in [0.1, 0.15) is 40.3 Å². The Balaban J connectivity index is 2.65. The van der Waals surface area contributed by atoms with Crippen molar-refractivity contribution in [3.05, 3.63) is 22.8 Å². The highest BCUT2D eigenvalue weighted by molar-refractivity contribution is 6.31. The van der Waals surface area contributed by atoms with Gasteiger partial charge in [-0.3, -0.25) is 0 Å². The standard InChI is InChI=1S/C15H25ClN2O2/c1-6-19-10-11(2)20-14-8-7-12(16)13(18-14)9-17-15(3,4)5/h7-8,11,17H,6,9-10H2,1-5H3. The number of pyridine rings is 1. The zero-order chi connectivity index (χ0) is 15.2. The maximum Gasteiger partial charge on any atom is 0.213 e. The van der Waals surface area contributed by atoms with Crippen molar-refractivity contribution < 1.29 is 9.47 Å². The van der Waals surface area contributed by atoms with Crippen molar-refractivity contribution in [1.29, 1.82) is 0 Å². The van der Waals surface area contributed by atoms with Crippen LogP contribution in [-0.4, -0.2) is 29.8 Å². The van der Waals surface area contributed by atoms with E-state index in [0.29, 0.717) is 30.7 Å². The van der Waals surface area contributed by atoms with Crippen molar-refractivity contribution in [1.82, 2.24) is 10.3 Å². The van der Waals surface area contributed by atoms with Crippen LogP contribution in [0.5, 0.6) is 5.88 Å². The summed E-state index contributed by atoms with van der Waals surface area (Å²) in [4.78, 5) is 4.45. The van der Waals surface area contributed by atoms with Gasteiger partial charge in [-0.1, -0.05) is 11.6 Å². The summed E-state index contributed by atoms with van der Waals surface area (Å²) in [5, 5.41) is 4.01. The predicted octanol–water partition coefficient (Wildman–Crippen LogP) is 3.43. The first-order valence-corrected chi connectivity index (χ1v) is 7.34. The summed E-state index contributed by atoms with van der Waals surface area (Å²) < 4.78 is 11.0. The Labute approximate surface area is 126 Å². The zero-order valence-corrected chi connectivity index (χ0v) is 13.8. The van der Waals surface area contributed by atoms with Gasteiger partial charge < -0.3 is 14.8 Å². The molecule has 1 aromatic rings. The third-order valence-electron chi connectivity index (χ3n) is 2.56. The summed E-state index contributed by atoms with van der Waals surface area (Å²) in [6.07, 6.45) is -0.0351. The minimum atomic E-state index is -0.0351. The van der Waals surface area contributed by atoms with Crippen LogP contribution in [0, 0.1) is 0 Å². The molecule has 1 atom stereocenters. The Hall–Kier alpha value is -0.840. The number of nitrogens with one attached hydrogen (secondary N) is 1. The maximum atomic E-state index is 6.16. The van der Waals surface area contributed by atoms with Crippen molar-refractivity contribution in [2.24, 2.45) is 0 Å². The molecule has 0 radical (unpaired) electrons. The Morgan fingerprint density at radius 2 is 2.05 bits per heavy atom. The predicted molar refractivity (Wildman–Crippen MR) is 82.4 cm³/mol. The molecule has 1 aromatic heterocycles. The van der Waals surface area contributed by atoms with E-state index >= 15 is 0 Å². The van der Waals surface area contributed by atoms with Crippen molar-refractivity contribution in [3.63, 3.8) is 0 Å².